The second kappa shape index (κ2) is 4.49. The van der Waals surface area contributed by atoms with Crippen LogP contribution in [0.1, 0.15) is 44.9 Å². The molecule has 94 valence electrons. The van der Waals surface area contributed by atoms with Crippen LogP contribution in [-0.2, 0) is 0 Å². The lowest BCUT2D eigenvalue weighted by molar-refractivity contribution is 0.331. The first-order valence-corrected chi connectivity index (χ1v) is 7.10. The van der Waals surface area contributed by atoms with Crippen molar-refractivity contribution in [2.75, 3.05) is 27.2 Å². The van der Waals surface area contributed by atoms with Gasteiger partial charge in [0.2, 0.25) is 0 Å². The fraction of sp³-hybridized carbons (Fsp3) is 0.733. The smallest absolute Gasteiger partial charge is 0.0281 e. The average molecular weight is 232 g/mol. The molecular formula is C15H24N2. The van der Waals surface area contributed by atoms with E-state index in [0.717, 1.165) is 0 Å². The predicted octanol–water partition coefficient (Wildman–Crippen LogP) is 3.13. The molecule has 0 saturated carbocycles. The zero-order valence-electron chi connectivity index (χ0n) is 11.3. The first-order valence-electron chi connectivity index (χ1n) is 7.10. The summed E-state index contributed by atoms with van der Waals surface area (Å²) in [5.41, 5.74) is 6.80. The second-order valence-corrected chi connectivity index (χ2v) is 5.85. The third-order valence-corrected chi connectivity index (χ3v) is 4.73. The van der Waals surface area contributed by atoms with Gasteiger partial charge >= 0.3 is 0 Å². The molecular weight excluding hydrogens is 208 g/mol. The van der Waals surface area contributed by atoms with E-state index >= 15 is 0 Å². The average Bonchev–Trinajstić information content (AvgIpc) is 2.34. The lowest BCUT2D eigenvalue weighted by atomic mass is 9.86. The maximum Gasteiger partial charge on any atom is 0.0281 e. The zero-order valence-corrected chi connectivity index (χ0v) is 11.3. The van der Waals surface area contributed by atoms with Crippen LogP contribution in [-0.4, -0.2) is 37.0 Å². The molecule has 0 aromatic rings. The Morgan fingerprint density at radius 3 is 2.12 bits per heavy atom. The van der Waals surface area contributed by atoms with Crippen LogP contribution in [0.15, 0.2) is 22.5 Å². The van der Waals surface area contributed by atoms with Gasteiger partial charge in [-0.05, 0) is 57.7 Å². The van der Waals surface area contributed by atoms with E-state index in [1.54, 1.807) is 22.5 Å². The van der Waals surface area contributed by atoms with E-state index in [1.165, 1.54) is 58.0 Å². The molecule has 0 unspecified atom stereocenters. The van der Waals surface area contributed by atoms with E-state index < -0.39 is 0 Å². The molecule has 2 fully saturated rings. The molecule has 0 amide bonds. The van der Waals surface area contributed by atoms with Crippen molar-refractivity contribution in [1.29, 1.82) is 0 Å². The summed E-state index contributed by atoms with van der Waals surface area (Å²) in [4.78, 5) is 5.01. The fourth-order valence-corrected chi connectivity index (χ4v) is 3.53. The number of allylic oxidation sites excluding steroid dienone is 1. The van der Waals surface area contributed by atoms with Gasteiger partial charge in [0.25, 0.3) is 0 Å². The Hall–Kier alpha value is -0.760. The van der Waals surface area contributed by atoms with Crippen molar-refractivity contribution in [1.82, 2.24) is 9.80 Å². The second-order valence-electron chi connectivity index (χ2n) is 5.85. The quantitative estimate of drug-likeness (QED) is 0.633. The molecule has 4 bridgehead atoms. The first-order chi connectivity index (χ1) is 8.25. The van der Waals surface area contributed by atoms with Crippen LogP contribution in [0.2, 0.25) is 0 Å². The third-order valence-electron chi connectivity index (χ3n) is 4.73. The largest absolute Gasteiger partial charge is 0.351 e. The summed E-state index contributed by atoms with van der Waals surface area (Å²) < 4.78 is 0. The Morgan fingerprint density at radius 1 is 0.765 bits per heavy atom. The van der Waals surface area contributed by atoms with Gasteiger partial charge in [-0.2, -0.15) is 0 Å². The van der Waals surface area contributed by atoms with Gasteiger partial charge in [-0.3, -0.25) is 0 Å². The van der Waals surface area contributed by atoms with Crippen molar-refractivity contribution in [2.45, 2.75) is 44.9 Å². The molecule has 2 saturated heterocycles. The highest BCUT2D eigenvalue weighted by Crippen LogP contribution is 2.42. The van der Waals surface area contributed by atoms with Crippen molar-refractivity contribution in [3.8, 4) is 0 Å². The van der Waals surface area contributed by atoms with Crippen molar-refractivity contribution < 1.29 is 0 Å². The van der Waals surface area contributed by atoms with Gasteiger partial charge in [-0.15, -0.1) is 0 Å². The van der Waals surface area contributed by atoms with Gasteiger partial charge in [0, 0.05) is 31.4 Å². The van der Waals surface area contributed by atoms with Gasteiger partial charge in [0.1, 0.15) is 0 Å². The van der Waals surface area contributed by atoms with Crippen LogP contribution in [0.3, 0.4) is 0 Å². The van der Waals surface area contributed by atoms with Crippen LogP contribution in [0.25, 0.3) is 0 Å². The number of nitrogens with zero attached hydrogens (tertiary/aromatic N) is 2. The fourth-order valence-electron chi connectivity index (χ4n) is 3.53. The molecule has 0 aromatic carbocycles. The highest BCUT2D eigenvalue weighted by atomic mass is 15.2. The SMILES string of the molecule is CN1CCC/C2=C3\C/C(=C(\CCC2)CC1)N3C. The van der Waals surface area contributed by atoms with Crippen LogP contribution >= 0.6 is 0 Å². The van der Waals surface area contributed by atoms with Crippen LogP contribution in [0.4, 0.5) is 0 Å². The van der Waals surface area contributed by atoms with E-state index in [-0.39, 0.29) is 0 Å². The number of rotatable bonds is 0. The van der Waals surface area contributed by atoms with Crippen molar-refractivity contribution in [3.05, 3.63) is 22.5 Å². The summed E-state index contributed by atoms with van der Waals surface area (Å²) in [6.07, 6.45) is 9.30. The highest BCUT2D eigenvalue weighted by molar-refractivity contribution is 5.37. The van der Waals surface area contributed by atoms with E-state index in [0.29, 0.717) is 0 Å². The van der Waals surface area contributed by atoms with Gasteiger partial charge < -0.3 is 9.80 Å². The minimum absolute atomic E-state index is 1.25. The Bertz CT molecular complexity index is 378. The van der Waals surface area contributed by atoms with Gasteiger partial charge in [0.05, 0.1) is 0 Å². The van der Waals surface area contributed by atoms with Gasteiger partial charge in [-0.25, -0.2) is 0 Å². The summed E-state index contributed by atoms with van der Waals surface area (Å²) in [7, 11) is 4.56. The zero-order chi connectivity index (χ0) is 11.8. The third kappa shape index (κ3) is 2.03. The van der Waals surface area contributed by atoms with Crippen LogP contribution < -0.4 is 0 Å². The van der Waals surface area contributed by atoms with Gasteiger partial charge in [0.15, 0.2) is 0 Å². The van der Waals surface area contributed by atoms with E-state index in [9.17, 15) is 0 Å². The van der Waals surface area contributed by atoms with E-state index in [1.807, 2.05) is 0 Å². The molecule has 5 aliphatic heterocycles. The van der Waals surface area contributed by atoms with Gasteiger partial charge in [-0.1, -0.05) is 5.57 Å². The van der Waals surface area contributed by atoms with Crippen molar-refractivity contribution in [3.63, 3.8) is 0 Å². The summed E-state index contributed by atoms with van der Waals surface area (Å²) >= 11 is 0. The first kappa shape index (κ1) is 11.3. The molecule has 0 spiro atoms. The molecule has 0 N–H and O–H groups in total. The monoisotopic (exact) mass is 232 g/mol. The summed E-state index contributed by atoms with van der Waals surface area (Å²) in [6.45, 7) is 2.51. The molecule has 0 atom stereocenters. The number of hydrogen-bond acceptors (Lipinski definition) is 2. The van der Waals surface area contributed by atoms with E-state index in [4.69, 9.17) is 0 Å². The maximum absolute atomic E-state index is 2.51. The van der Waals surface area contributed by atoms with Crippen molar-refractivity contribution in [2.24, 2.45) is 0 Å². The molecule has 1 aliphatic carbocycles. The standard InChI is InChI=1S/C15H24N2/c1-16-9-4-7-12-5-3-6-13(8-10-16)15-11-14(12)17(15)2/h3-11H2,1-2H3/b14-12+,15-13-. The van der Waals surface area contributed by atoms with Crippen LogP contribution in [0.5, 0.6) is 0 Å². The molecule has 0 radical (unpaired) electrons. The van der Waals surface area contributed by atoms with E-state index in [2.05, 4.69) is 23.9 Å². The Kier molecular flexibility index (Phi) is 2.99. The minimum atomic E-state index is 1.25. The minimum Gasteiger partial charge on any atom is -0.351 e. The summed E-state index contributed by atoms with van der Waals surface area (Å²) in [5, 5.41) is 0. The summed E-state index contributed by atoms with van der Waals surface area (Å²) in [6, 6.07) is 0. The molecule has 2 heteroatoms. The topological polar surface area (TPSA) is 6.48 Å². The highest BCUT2D eigenvalue weighted by Gasteiger charge is 2.30. The molecule has 2 nitrogen and oxygen atoms in total. The molecule has 0 aromatic heterocycles. The Morgan fingerprint density at radius 2 is 1.41 bits per heavy atom. The molecule has 6 aliphatic rings. The lowest BCUT2D eigenvalue weighted by Crippen LogP contribution is -2.32. The molecule has 5 heterocycles. The Labute approximate surface area is 105 Å². The van der Waals surface area contributed by atoms with Crippen LogP contribution in [0, 0.1) is 0 Å². The Balaban J connectivity index is 1.93. The maximum atomic E-state index is 2.51. The molecule has 6 rings (SSSR count). The van der Waals surface area contributed by atoms with Crippen molar-refractivity contribution >= 4 is 0 Å². The lowest BCUT2D eigenvalue weighted by Gasteiger charge is -2.42. The predicted molar refractivity (Wildman–Crippen MR) is 71.6 cm³/mol. The normalized spacial score (nSPS) is 35.3. The molecule has 17 heavy (non-hydrogen) atoms. The number of hydrogen-bond donors (Lipinski definition) is 0. The summed E-state index contributed by atoms with van der Waals surface area (Å²) in [5.74, 6) is 0.